The lowest BCUT2D eigenvalue weighted by Gasteiger charge is -2.10. The van der Waals surface area contributed by atoms with Crippen LogP contribution in [-0.2, 0) is 10.0 Å². The van der Waals surface area contributed by atoms with E-state index in [4.69, 9.17) is 34.2 Å². The number of nitrogen functional groups attached to an aromatic ring is 1. The van der Waals surface area contributed by atoms with Gasteiger partial charge >= 0.3 is 0 Å². The molecule has 0 unspecified atom stereocenters. The van der Waals surface area contributed by atoms with Gasteiger partial charge in [-0.05, 0) is 12.5 Å². The summed E-state index contributed by atoms with van der Waals surface area (Å²) in [5, 5.41) is 8.34. The highest BCUT2D eigenvalue weighted by Gasteiger charge is 2.08. The number of aromatic nitrogens is 1. The number of nitrogens with one attached hydrogen (secondary N) is 2. The number of anilines is 2. The zero-order chi connectivity index (χ0) is 13.8. The van der Waals surface area contributed by atoms with Gasteiger partial charge in [0.05, 0.1) is 15.8 Å². The van der Waals surface area contributed by atoms with E-state index in [1.807, 2.05) is 0 Å². The standard InChI is InChI=1S/C8H13Cl2N5O2S/c9-5-4-6(10)8(15-11)14-7(5)13-2-1-3-18(12,16)17/h4H,1-3,11H2,(H2,12,16,17)(H2,13,14,15). The van der Waals surface area contributed by atoms with Gasteiger partial charge in [-0.25, -0.2) is 24.4 Å². The molecule has 0 radical (unpaired) electrons. The van der Waals surface area contributed by atoms with Gasteiger partial charge in [0.15, 0.2) is 5.82 Å². The molecule has 7 nitrogen and oxygen atoms in total. The molecule has 0 saturated carbocycles. The minimum atomic E-state index is -3.46. The maximum Gasteiger partial charge on any atom is 0.209 e. The number of halogens is 2. The van der Waals surface area contributed by atoms with Gasteiger partial charge < -0.3 is 10.7 Å². The van der Waals surface area contributed by atoms with Crippen LogP contribution >= 0.6 is 23.2 Å². The SMILES string of the molecule is NNc1nc(NCCCS(N)(=O)=O)c(Cl)cc1Cl. The number of hydrazine groups is 1. The maximum absolute atomic E-state index is 10.7. The number of hydrogen-bond donors (Lipinski definition) is 4. The smallest absolute Gasteiger partial charge is 0.209 e. The third-order valence-corrected chi connectivity index (χ3v) is 3.40. The Morgan fingerprint density at radius 1 is 1.28 bits per heavy atom. The average molecular weight is 314 g/mol. The topological polar surface area (TPSA) is 123 Å². The van der Waals surface area contributed by atoms with Crippen LogP contribution in [0.4, 0.5) is 11.6 Å². The van der Waals surface area contributed by atoms with Crippen molar-refractivity contribution in [1.29, 1.82) is 0 Å². The Morgan fingerprint density at radius 3 is 2.44 bits per heavy atom. The summed E-state index contributed by atoms with van der Waals surface area (Å²) in [5.74, 6) is 5.74. The van der Waals surface area contributed by atoms with Crippen molar-refractivity contribution in [3.63, 3.8) is 0 Å². The zero-order valence-electron chi connectivity index (χ0n) is 9.28. The van der Waals surface area contributed by atoms with E-state index in [9.17, 15) is 8.42 Å². The largest absolute Gasteiger partial charge is 0.369 e. The summed E-state index contributed by atoms with van der Waals surface area (Å²) in [4.78, 5) is 4.03. The van der Waals surface area contributed by atoms with Crippen LogP contribution in [0.2, 0.25) is 10.0 Å². The number of nitrogens with two attached hydrogens (primary N) is 2. The van der Waals surface area contributed by atoms with E-state index in [1.165, 1.54) is 6.07 Å². The van der Waals surface area contributed by atoms with Gasteiger partial charge in [-0.15, -0.1) is 0 Å². The molecule has 102 valence electrons. The van der Waals surface area contributed by atoms with Crippen molar-refractivity contribution < 1.29 is 8.42 Å². The molecule has 0 fully saturated rings. The van der Waals surface area contributed by atoms with E-state index >= 15 is 0 Å². The molecule has 0 atom stereocenters. The van der Waals surface area contributed by atoms with Gasteiger partial charge in [0.1, 0.15) is 5.82 Å². The third-order valence-electron chi connectivity index (χ3n) is 1.96. The van der Waals surface area contributed by atoms with E-state index in [0.29, 0.717) is 23.8 Å². The highest BCUT2D eigenvalue weighted by Crippen LogP contribution is 2.28. The van der Waals surface area contributed by atoms with Crippen LogP contribution in [0, 0.1) is 0 Å². The Morgan fingerprint density at radius 2 is 1.89 bits per heavy atom. The summed E-state index contributed by atoms with van der Waals surface area (Å²) >= 11 is 11.7. The lowest BCUT2D eigenvalue weighted by Crippen LogP contribution is -2.19. The summed E-state index contributed by atoms with van der Waals surface area (Å²) in [7, 11) is -3.46. The number of primary sulfonamides is 1. The molecule has 0 saturated heterocycles. The summed E-state index contributed by atoms with van der Waals surface area (Å²) in [6, 6.07) is 1.48. The highest BCUT2D eigenvalue weighted by molar-refractivity contribution is 7.89. The molecular formula is C8H13Cl2N5O2S. The van der Waals surface area contributed by atoms with Crippen molar-refractivity contribution in [3.05, 3.63) is 16.1 Å². The zero-order valence-corrected chi connectivity index (χ0v) is 11.6. The molecule has 1 aromatic rings. The number of nitrogens with zero attached hydrogens (tertiary/aromatic N) is 1. The van der Waals surface area contributed by atoms with Gasteiger partial charge in [0, 0.05) is 6.54 Å². The Hall–Kier alpha value is -0.800. The molecule has 0 spiro atoms. The molecule has 1 heterocycles. The van der Waals surface area contributed by atoms with Crippen LogP contribution < -0.4 is 21.7 Å². The molecule has 6 N–H and O–H groups in total. The molecule has 0 aliphatic carbocycles. The Kier molecular flexibility index (Phi) is 5.42. The number of pyridine rings is 1. The van der Waals surface area contributed by atoms with E-state index in [1.54, 1.807) is 0 Å². The van der Waals surface area contributed by atoms with Crippen molar-refractivity contribution in [2.75, 3.05) is 23.0 Å². The summed E-state index contributed by atoms with van der Waals surface area (Å²) in [5.41, 5.74) is 2.32. The molecule has 1 aromatic heterocycles. The van der Waals surface area contributed by atoms with E-state index < -0.39 is 10.0 Å². The fourth-order valence-electron chi connectivity index (χ4n) is 1.17. The van der Waals surface area contributed by atoms with Crippen LogP contribution in [0.25, 0.3) is 0 Å². The van der Waals surface area contributed by atoms with Gasteiger partial charge in [0.2, 0.25) is 10.0 Å². The first-order valence-electron chi connectivity index (χ1n) is 4.90. The van der Waals surface area contributed by atoms with Gasteiger partial charge in [-0.3, -0.25) is 0 Å². The lowest BCUT2D eigenvalue weighted by atomic mass is 10.4. The van der Waals surface area contributed by atoms with Crippen molar-refractivity contribution in [2.45, 2.75) is 6.42 Å². The quantitative estimate of drug-likeness (QED) is 0.349. The number of hydrogen-bond acceptors (Lipinski definition) is 6. The fraction of sp³-hybridized carbons (Fsp3) is 0.375. The average Bonchev–Trinajstić information content (AvgIpc) is 2.25. The Labute approximate surface area is 115 Å². The molecule has 0 amide bonds. The van der Waals surface area contributed by atoms with Crippen LogP contribution in [-0.4, -0.2) is 25.7 Å². The molecular weight excluding hydrogens is 301 g/mol. The van der Waals surface area contributed by atoms with Crippen molar-refractivity contribution in [2.24, 2.45) is 11.0 Å². The molecule has 0 aromatic carbocycles. The predicted octanol–water partition coefficient (Wildman–Crippen LogP) is 0.765. The highest BCUT2D eigenvalue weighted by atomic mass is 35.5. The van der Waals surface area contributed by atoms with Crippen molar-refractivity contribution in [1.82, 2.24) is 4.98 Å². The lowest BCUT2D eigenvalue weighted by molar-refractivity contribution is 0.596. The maximum atomic E-state index is 10.7. The van der Waals surface area contributed by atoms with E-state index in [2.05, 4.69) is 15.7 Å². The monoisotopic (exact) mass is 313 g/mol. The number of rotatable bonds is 6. The molecule has 1 rings (SSSR count). The molecule has 0 aliphatic heterocycles. The second-order valence-corrected chi connectivity index (χ2v) is 5.99. The van der Waals surface area contributed by atoms with Crippen LogP contribution in [0.15, 0.2) is 6.07 Å². The second-order valence-electron chi connectivity index (χ2n) is 3.44. The second kappa shape index (κ2) is 6.39. The molecule has 18 heavy (non-hydrogen) atoms. The fourth-order valence-corrected chi connectivity index (χ4v) is 2.20. The summed E-state index contributed by atoms with van der Waals surface area (Å²) in [6.07, 6.45) is 0.338. The van der Waals surface area contributed by atoms with Gasteiger partial charge in [0.25, 0.3) is 0 Å². The molecule has 0 aliphatic rings. The first-order valence-corrected chi connectivity index (χ1v) is 7.37. The summed E-state index contributed by atoms with van der Waals surface area (Å²) < 4.78 is 21.4. The van der Waals surface area contributed by atoms with Crippen LogP contribution in [0.1, 0.15) is 6.42 Å². The van der Waals surface area contributed by atoms with Gasteiger partial charge in [-0.1, -0.05) is 23.2 Å². The Bertz CT molecular complexity index is 522. The van der Waals surface area contributed by atoms with Crippen molar-refractivity contribution in [3.8, 4) is 0 Å². The van der Waals surface area contributed by atoms with Gasteiger partial charge in [-0.2, -0.15) is 0 Å². The Balaban J connectivity index is 2.62. The van der Waals surface area contributed by atoms with Crippen LogP contribution in [0.5, 0.6) is 0 Å². The molecule has 10 heteroatoms. The van der Waals surface area contributed by atoms with E-state index in [0.717, 1.165) is 0 Å². The molecule has 0 bridgehead atoms. The van der Waals surface area contributed by atoms with E-state index in [-0.39, 0.29) is 16.6 Å². The van der Waals surface area contributed by atoms with Crippen molar-refractivity contribution >= 4 is 44.9 Å². The minimum absolute atomic E-state index is 0.118. The third kappa shape index (κ3) is 4.83. The summed E-state index contributed by atoms with van der Waals surface area (Å²) in [6.45, 7) is 0.356. The normalized spacial score (nSPS) is 11.3. The number of sulfonamides is 1. The first kappa shape index (κ1) is 15.3. The minimum Gasteiger partial charge on any atom is -0.369 e. The first-order chi connectivity index (χ1) is 8.33. The predicted molar refractivity (Wildman–Crippen MR) is 73.1 cm³/mol. The van der Waals surface area contributed by atoms with Crippen LogP contribution in [0.3, 0.4) is 0 Å².